The summed E-state index contributed by atoms with van der Waals surface area (Å²) in [4.78, 5) is 26.0. The molecule has 0 fully saturated rings. The van der Waals surface area contributed by atoms with Crippen LogP contribution in [0, 0.1) is 6.92 Å². The number of rotatable bonds is 10. The molecule has 27 heavy (non-hydrogen) atoms. The number of hydrogen-bond acceptors (Lipinski definition) is 3. The third kappa shape index (κ3) is 6.77. The molecular weight excluding hydrogens is 340 g/mol. The molecule has 0 radical (unpaired) electrons. The Morgan fingerprint density at radius 3 is 2.44 bits per heavy atom. The van der Waals surface area contributed by atoms with Crippen molar-refractivity contribution in [1.29, 1.82) is 0 Å². The molecule has 0 aliphatic heterocycles. The van der Waals surface area contributed by atoms with E-state index in [2.05, 4.69) is 0 Å². The lowest BCUT2D eigenvalue weighted by Crippen LogP contribution is -2.44. The number of amides is 2. The molecule has 1 atom stereocenters. The average molecular weight is 368 g/mol. The van der Waals surface area contributed by atoms with Crippen LogP contribution in [0.3, 0.4) is 0 Å². The van der Waals surface area contributed by atoms with E-state index in [4.69, 9.17) is 10.5 Å². The zero-order chi connectivity index (χ0) is 19.6. The number of hydrogen-bond donors (Lipinski definition) is 1. The Kier molecular flexibility index (Phi) is 7.86. The van der Waals surface area contributed by atoms with Gasteiger partial charge >= 0.3 is 0 Å². The van der Waals surface area contributed by atoms with Crippen LogP contribution in [0.1, 0.15) is 30.9 Å². The maximum atomic E-state index is 13.0. The van der Waals surface area contributed by atoms with Crippen LogP contribution in [0.5, 0.6) is 5.75 Å². The molecule has 2 aromatic carbocycles. The highest BCUT2D eigenvalue weighted by molar-refractivity contribution is 5.82. The van der Waals surface area contributed by atoms with E-state index in [1.165, 1.54) is 0 Å². The second-order valence-electron chi connectivity index (χ2n) is 6.61. The number of ether oxygens (including phenoxy) is 1. The van der Waals surface area contributed by atoms with Crippen LogP contribution in [-0.4, -0.2) is 35.9 Å². The van der Waals surface area contributed by atoms with Crippen molar-refractivity contribution in [3.05, 3.63) is 65.7 Å². The normalized spacial score (nSPS) is 11.6. The van der Waals surface area contributed by atoms with E-state index in [9.17, 15) is 9.59 Å². The predicted molar refractivity (Wildman–Crippen MR) is 106 cm³/mol. The minimum Gasteiger partial charge on any atom is -0.481 e. The van der Waals surface area contributed by atoms with Crippen molar-refractivity contribution in [2.45, 2.75) is 39.2 Å². The molecule has 2 rings (SSSR count). The van der Waals surface area contributed by atoms with Gasteiger partial charge < -0.3 is 15.4 Å². The number of carbonyl (C=O) groups is 2. The van der Waals surface area contributed by atoms with Gasteiger partial charge in [0.1, 0.15) is 5.75 Å². The first-order valence-corrected chi connectivity index (χ1v) is 9.34. The molecular formula is C22H28N2O3. The Bertz CT molecular complexity index is 746. The second-order valence-corrected chi connectivity index (χ2v) is 6.61. The number of nitrogens with two attached hydrogens (primary N) is 1. The van der Waals surface area contributed by atoms with Crippen LogP contribution in [0.15, 0.2) is 54.6 Å². The van der Waals surface area contributed by atoms with Gasteiger partial charge in [0.25, 0.3) is 5.91 Å². The number of aryl methyl sites for hydroxylation is 1. The highest BCUT2D eigenvalue weighted by atomic mass is 16.5. The number of primary amides is 1. The summed E-state index contributed by atoms with van der Waals surface area (Å²) in [7, 11) is 0. The molecule has 2 amide bonds. The van der Waals surface area contributed by atoms with Crippen LogP contribution >= 0.6 is 0 Å². The van der Waals surface area contributed by atoms with E-state index in [0.29, 0.717) is 31.7 Å². The Hall–Kier alpha value is -2.82. The number of benzene rings is 2. The van der Waals surface area contributed by atoms with Crippen LogP contribution in [0.25, 0.3) is 0 Å². The summed E-state index contributed by atoms with van der Waals surface area (Å²) in [5.41, 5.74) is 7.50. The van der Waals surface area contributed by atoms with Gasteiger partial charge in [-0.15, -0.1) is 0 Å². The van der Waals surface area contributed by atoms with Gasteiger partial charge in [0, 0.05) is 19.5 Å². The van der Waals surface area contributed by atoms with E-state index < -0.39 is 12.0 Å². The van der Waals surface area contributed by atoms with Gasteiger partial charge in [0.2, 0.25) is 5.91 Å². The van der Waals surface area contributed by atoms with Crippen molar-refractivity contribution >= 4 is 11.8 Å². The second kappa shape index (κ2) is 10.4. The minimum atomic E-state index is -0.588. The smallest absolute Gasteiger partial charge is 0.263 e. The topological polar surface area (TPSA) is 72.6 Å². The highest BCUT2D eigenvalue weighted by Gasteiger charge is 2.25. The minimum absolute atomic E-state index is 0.115. The van der Waals surface area contributed by atoms with Gasteiger partial charge in [-0.2, -0.15) is 0 Å². The summed E-state index contributed by atoms with van der Waals surface area (Å²) in [6.45, 7) is 4.72. The summed E-state index contributed by atoms with van der Waals surface area (Å²) in [5, 5.41) is 0. The fourth-order valence-corrected chi connectivity index (χ4v) is 2.85. The maximum Gasteiger partial charge on any atom is 0.263 e. The molecule has 5 heteroatoms. The molecule has 2 N–H and O–H groups in total. The van der Waals surface area contributed by atoms with Gasteiger partial charge in [-0.25, -0.2) is 0 Å². The van der Waals surface area contributed by atoms with Crippen molar-refractivity contribution < 1.29 is 14.3 Å². The summed E-state index contributed by atoms with van der Waals surface area (Å²) < 4.78 is 5.94. The van der Waals surface area contributed by atoms with Gasteiger partial charge in [0.15, 0.2) is 6.10 Å². The Morgan fingerprint density at radius 1 is 1.07 bits per heavy atom. The summed E-state index contributed by atoms with van der Waals surface area (Å²) in [6, 6.07) is 17.6. The van der Waals surface area contributed by atoms with Crippen molar-refractivity contribution in [2.24, 2.45) is 5.73 Å². The first kappa shape index (κ1) is 20.5. The first-order chi connectivity index (χ1) is 13.0. The van der Waals surface area contributed by atoms with E-state index in [-0.39, 0.29) is 12.3 Å². The van der Waals surface area contributed by atoms with Crippen molar-refractivity contribution in [2.75, 3.05) is 13.1 Å². The summed E-state index contributed by atoms with van der Waals surface area (Å²) >= 11 is 0. The van der Waals surface area contributed by atoms with Crippen LogP contribution in [0.2, 0.25) is 0 Å². The highest BCUT2D eigenvalue weighted by Crippen LogP contribution is 2.17. The summed E-state index contributed by atoms with van der Waals surface area (Å²) in [5.74, 6) is 0.143. The lowest BCUT2D eigenvalue weighted by Gasteiger charge is -2.27. The van der Waals surface area contributed by atoms with E-state index >= 15 is 0 Å². The third-order valence-electron chi connectivity index (χ3n) is 4.37. The average Bonchev–Trinajstić information content (AvgIpc) is 2.66. The zero-order valence-electron chi connectivity index (χ0n) is 16.1. The van der Waals surface area contributed by atoms with E-state index in [0.717, 1.165) is 11.1 Å². The molecule has 0 aromatic heterocycles. The van der Waals surface area contributed by atoms with Crippen molar-refractivity contribution in [3.8, 4) is 5.75 Å². The van der Waals surface area contributed by atoms with Gasteiger partial charge in [-0.3, -0.25) is 9.59 Å². The third-order valence-corrected chi connectivity index (χ3v) is 4.37. The lowest BCUT2D eigenvalue weighted by molar-refractivity contribution is -0.139. The molecule has 0 saturated heterocycles. The molecule has 0 aliphatic rings. The Labute approximate surface area is 161 Å². The lowest BCUT2D eigenvalue weighted by atomic mass is 10.1. The number of nitrogens with zero attached hydrogens (tertiary/aromatic N) is 1. The fourth-order valence-electron chi connectivity index (χ4n) is 2.85. The molecule has 0 heterocycles. The van der Waals surface area contributed by atoms with E-state index in [1.54, 1.807) is 4.90 Å². The Morgan fingerprint density at radius 2 is 1.81 bits per heavy atom. The first-order valence-electron chi connectivity index (χ1n) is 9.34. The van der Waals surface area contributed by atoms with Crippen molar-refractivity contribution in [1.82, 2.24) is 4.90 Å². The number of carbonyl (C=O) groups excluding carboxylic acids is 2. The van der Waals surface area contributed by atoms with Gasteiger partial charge in [0.05, 0.1) is 0 Å². The molecule has 144 valence electrons. The largest absolute Gasteiger partial charge is 0.481 e. The molecule has 0 bridgehead atoms. The molecule has 1 unspecified atom stereocenters. The van der Waals surface area contributed by atoms with Crippen LogP contribution < -0.4 is 10.5 Å². The quantitative estimate of drug-likeness (QED) is 0.700. The molecule has 0 spiro atoms. The Balaban J connectivity index is 2.07. The molecule has 2 aromatic rings. The maximum absolute atomic E-state index is 13.0. The summed E-state index contributed by atoms with van der Waals surface area (Å²) in [6.07, 6.45) is 0.814. The standard InChI is InChI=1S/C22H28N2O3/c1-3-20(27-19-11-7-8-17(2)16-19)22(26)24(15-13-21(23)25)14-12-18-9-5-4-6-10-18/h4-11,16,20H,3,12-15H2,1-2H3,(H2,23,25). The molecule has 0 aliphatic carbocycles. The zero-order valence-corrected chi connectivity index (χ0v) is 16.1. The molecule has 0 saturated carbocycles. The van der Waals surface area contributed by atoms with E-state index in [1.807, 2.05) is 68.4 Å². The predicted octanol–water partition coefficient (Wildman–Crippen LogP) is 3.10. The van der Waals surface area contributed by atoms with Crippen LogP contribution in [0.4, 0.5) is 0 Å². The van der Waals surface area contributed by atoms with Crippen LogP contribution in [-0.2, 0) is 16.0 Å². The van der Waals surface area contributed by atoms with Gasteiger partial charge in [-0.1, -0.05) is 49.4 Å². The van der Waals surface area contributed by atoms with Crippen molar-refractivity contribution in [3.63, 3.8) is 0 Å². The monoisotopic (exact) mass is 368 g/mol. The SMILES string of the molecule is CCC(Oc1cccc(C)c1)C(=O)N(CCC(N)=O)CCc1ccccc1. The van der Waals surface area contributed by atoms with Gasteiger partial charge in [-0.05, 0) is 43.0 Å². The molecule has 5 nitrogen and oxygen atoms in total. The fraction of sp³-hybridized carbons (Fsp3) is 0.364.